The zero-order valence-corrected chi connectivity index (χ0v) is 11.4. The Kier molecular flexibility index (Phi) is 4.11. The highest BCUT2D eigenvalue weighted by atomic mass is 16.3. The van der Waals surface area contributed by atoms with Crippen molar-refractivity contribution in [3.8, 4) is 0 Å². The molecule has 4 nitrogen and oxygen atoms in total. The third-order valence-electron chi connectivity index (χ3n) is 3.71. The molecule has 1 aromatic rings. The van der Waals surface area contributed by atoms with E-state index in [0.717, 1.165) is 12.0 Å². The van der Waals surface area contributed by atoms with E-state index in [-0.39, 0.29) is 5.54 Å². The fraction of sp³-hybridized carbons (Fsp3) is 0.615. The summed E-state index contributed by atoms with van der Waals surface area (Å²) in [5.74, 6) is 0.407. The summed E-state index contributed by atoms with van der Waals surface area (Å²) < 4.78 is 0. The predicted molar refractivity (Wildman–Crippen MR) is 70.7 cm³/mol. The largest absolute Gasteiger partial charge is 0.386 e. The van der Waals surface area contributed by atoms with E-state index in [9.17, 15) is 5.11 Å². The van der Waals surface area contributed by atoms with Crippen molar-refractivity contribution in [3.05, 3.63) is 23.4 Å². The summed E-state index contributed by atoms with van der Waals surface area (Å²) in [4.78, 5) is 6.13. The number of aliphatic hydroxyl groups excluding tert-OH is 1. The van der Waals surface area contributed by atoms with Gasteiger partial charge < -0.3 is 15.7 Å². The summed E-state index contributed by atoms with van der Waals surface area (Å²) >= 11 is 0. The second-order valence-electron chi connectivity index (χ2n) is 4.99. The van der Waals surface area contributed by atoms with Gasteiger partial charge in [0.25, 0.3) is 0 Å². The van der Waals surface area contributed by atoms with E-state index in [2.05, 4.69) is 11.9 Å². The number of nitrogen functional groups attached to an aromatic ring is 1. The molecule has 0 aliphatic heterocycles. The van der Waals surface area contributed by atoms with Crippen molar-refractivity contribution in [1.29, 1.82) is 0 Å². The Morgan fingerprint density at radius 1 is 1.53 bits per heavy atom. The normalized spacial score (nSPS) is 16.9. The maximum atomic E-state index is 10.6. The van der Waals surface area contributed by atoms with Crippen LogP contribution >= 0.6 is 0 Å². The predicted octanol–water partition coefficient (Wildman–Crippen LogP) is 1.74. The summed E-state index contributed by atoms with van der Waals surface area (Å²) in [5, 5.41) is 10.6. The summed E-state index contributed by atoms with van der Waals surface area (Å²) in [7, 11) is 3.93. The van der Waals surface area contributed by atoms with Crippen LogP contribution in [0.3, 0.4) is 0 Å². The van der Waals surface area contributed by atoms with Crippen molar-refractivity contribution < 1.29 is 5.11 Å². The average Bonchev–Trinajstić information content (AvgIpc) is 2.30. The third-order valence-corrected chi connectivity index (χ3v) is 3.71. The molecule has 1 heterocycles. The Hall–Kier alpha value is -1.13. The van der Waals surface area contributed by atoms with Crippen LogP contribution in [0.2, 0.25) is 0 Å². The van der Waals surface area contributed by atoms with E-state index in [1.165, 1.54) is 0 Å². The molecule has 2 atom stereocenters. The fourth-order valence-corrected chi connectivity index (χ4v) is 1.91. The Balaban J connectivity index is 3.18. The van der Waals surface area contributed by atoms with Gasteiger partial charge in [-0.2, -0.15) is 0 Å². The minimum Gasteiger partial charge on any atom is -0.386 e. The molecule has 0 radical (unpaired) electrons. The van der Waals surface area contributed by atoms with Crippen LogP contribution in [-0.2, 0) is 0 Å². The van der Waals surface area contributed by atoms with Crippen molar-refractivity contribution in [3.63, 3.8) is 0 Å². The molecular weight excluding hydrogens is 214 g/mol. The molecule has 3 N–H and O–H groups in total. The third kappa shape index (κ3) is 2.58. The molecule has 0 fully saturated rings. The van der Waals surface area contributed by atoms with Gasteiger partial charge in [-0.25, -0.2) is 4.98 Å². The molecule has 2 unspecified atom stereocenters. The van der Waals surface area contributed by atoms with Gasteiger partial charge in [0.2, 0.25) is 0 Å². The van der Waals surface area contributed by atoms with E-state index in [1.54, 1.807) is 6.20 Å². The number of anilines is 1. The highest BCUT2D eigenvalue weighted by Crippen LogP contribution is 2.34. The molecule has 0 aliphatic rings. The molecule has 17 heavy (non-hydrogen) atoms. The number of pyridine rings is 1. The Morgan fingerprint density at radius 3 is 2.59 bits per heavy atom. The van der Waals surface area contributed by atoms with Crippen molar-refractivity contribution in [2.24, 2.45) is 0 Å². The van der Waals surface area contributed by atoms with Crippen LogP contribution in [0.5, 0.6) is 0 Å². The quantitative estimate of drug-likeness (QED) is 0.837. The van der Waals surface area contributed by atoms with Gasteiger partial charge in [0.05, 0.1) is 0 Å². The number of hydrogen-bond acceptors (Lipinski definition) is 4. The zero-order chi connectivity index (χ0) is 13.2. The summed E-state index contributed by atoms with van der Waals surface area (Å²) in [5.41, 5.74) is 7.22. The monoisotopic (exact) mass is 237 g/mol. The van der Waals surface area contributed by atoms with Gasteiger partial charge in [-0.3, -0.25) is 0 Å². The number of rotatable bonds is 4. The van der Waals surface area contributed by atoms with E-state index < -0.39 is 6.10 Å². The molecule has 96 valence electrons. The number of nitrogens with two attached hydrogens (primary N) is 1. The van der Waals surface area contributed by atoms with Crippen LogP contribution in [0.4, 0.5) is 5.82 Å². The van der Waals surface area contributed by atoms with Gasteiger partial charge in [-0.1, -0.05) is 6.92 Å². The molecule has 0 spiro atoms. The number of aryl methyl sites for hydroxylation is 1. The smallest absolute Gasteiger partial charge is 0.129 e. The van der Waals surface area contributed by atoms with Gasteiger partial charge in [0.1, 0.15) is 11.9 Å². The Labute approximate surface area is 103 Å². The number of aliphatic hydroxyl groups is 1. The lowest BCUT2D eigenvalue weighted by atomic mass is 9.85. The molecule has 1 rings (SSSR count). The van der Waals surface area contributed by atoms with Crippen LogP contribution in [0.1, 0.15) is 37.5 Å². The van der Waals surface area contributed by atoms with E-state index in [0.29, 0.717) is 11.4 Å². The second-order valence-corrected chi connectivity index (χ2v) is 4.99. The Morgan fingerprint density at radius 2 is 2.12 bits per heavy atom. The molecule has 0 saturated heterocycles. The minimum atomic E-state index is -0.644. The highest BCUT2D eigenvalue weighted by molar-refractivity contribution is 5.43. The first-order chi connectivity index (χ1) is 7.82. The summed E-state index contributed by atoms with van der Waals surface area (Å²) in [6, 6.07) is 1.91. The topological polar surface area (TPSA) is 62.4 Å². The van der Waals surface area contributed by atoms with Crippen molar-refractivity contribution in [2.75, 3.05) is 19.8 Å². The van der Waals surface area contributed by atoms with Crippen LogP contribution < -0.4 is 5.73 Å². The number of likely N-dealkylation sites (N-methyl/N-ethyl adjacent to an activating group) is 1. The molecule has 0 aliphatic carbocycles. The first-order valence-electron chi connectivity index (χ1n) is 5.90. The van der Waals surface area contributed by atoms with Gasteiger partial charge >= 0.3 is 0 Å². The van der Waals surface area contributed by atoms with Gasteiger partial charge in [-0.15, -0.1) is 0 Å². The van der Waals surface area contributed by atoms with E-state index in [4.69, 9.17) is 5.73 Å². The maximum Gasteiger partial charge on any atom is 0.129 e. The number of nitrogens with zero attached hydrogens (tertiary/aromatic N) is 2. The first-order valence-corrected chi connectivity index (χ1v) is 5.90. The lowest BCUT2D eigenvalue weighted by Gasteiger charge is -2.40. The summed E-state index contributed by atoms with van der Waals surface area (Å²) in [6.07, 6.45) is 1.90. The first kappa shape index (κ1) is 13.9. The minimum absolute atomic E-state index is 0.344. The van der Waals surface area contributed by atoms with Crippen LogP contribution in [0.25, 0.3) is 0 Å². The molecule has 4 heteroatoms. The van der Waals surface area contributed by atoms with Crippen molar-refractivity contribution >= 4 is 5.82 Å². The van der Waals surface area contributed by atoms with Gasteiger partial charge in [0, 0.05) is 17.3 Å². The van der Waals surface area contributed by atoms with Gasteiger partial charge in [0.15, 0.2) is 0 Å². The van der Waals surface area contributed by atoms with E-state index >= 15 is 0 Å². The number of hydrogen-bond donors (Lipinski definition) is 2. The van der Waals surface area contributed by atoms with Crippen molar-refractivity contribution in [1.82, 2.24) is 9.88 Å². The molecule has 1 aromatic heterocycles. The highest BCUT2D eigenvalue weighted by Gasteiger charge is 2.35. The Bertz CT molecular complexity index is 392. The number of aromatic nitrogens is 1. The van der Waals surface area contributed by atoms with E-state index in [1.807, 2.05) is 38.9 Å². The second kappa shape index (κ2) is 5.02. The average molecular weight is 237 g/mol. The molecule has 0 aromatic carbocycles. The molecular formula is C13H23N3O. The fourth-order valence-electron chi connectivity index (χ4n) is 1.91. The molecule has 0 amide bonds. The lowest BCUT2D eigenvalue weighted by molar-refractivity contribution is 0.00113. The lowest BCUT2D eigenvalue weighted by Crippen LogP contribution is -2.46. The maximum absolute atomic E-state index is 10.6. The summed E-state index contributed by atoms with van der Waals surface area (Å²) in [6.45, 7) is 6.03. The van der Waals surface area contributed by atoms with Crippen LogP contribution in [0, 0.1) is 6.92 Å². The molecule has 0 saturated carbocycles. The standard InChI is InChI=1S/C13H23N3O/c1-6-13(3,16(4)5)11(17)10-7-9(2)8-15-12(10)14/h7-8,11,17H,6H2,1-5H3,(H2,14,15). The molecule has 0 bridgehead atoms. The van der Waals surface area contributed by atoms with Crippen molar-refractivity contribution in [2.45, 2.75) is 38.8 Å². The van der Waals surface area contributed by atoms with Crippen LogP contribution in [-0.4, -0.2) is 34.6 Å². The van der Waals surface area contributed by atoms with Crippen LogP contribution in [0.15, 0.2) is 12.3 Å². The zero-order valence-electron chi connectivity index (χ0n) is 11.4. The SMILES string of the molecule is CCC(C)(C(O)c1cc(C)cnc1N)N(C)C. The van der Waals surface area contributed by atoms with Gasteiger partial charge in [-0.05, 0) is 46.0 Å².